The molecule has 3 rings (SSSR count). The van der Waals surface area contributed by atoms with Crippen LogP contribution < -0.4 is 4.74 Å². The summed E-state index contributed by atoms with van der Waals surface area (Å²) in [5.74, 6) is -0.772. The van der Waals surface area contributed by atoms with Crippen LogP contribution in [0.3, 0.4) is 0 Å². The van der Waals surface area contributed by atoms with Gasteiger partial charge in [0.2, 0.25) is 0 Å². The number of carbonyl (C=O) groups excluding carboxylic acids is 2. The molecule has 7 heteroatoms. The topological polar surface area (TPSA) is 70.1 Å². The van der Waals surface area contributed by atoms with Crippen molar-refractivity contribution in [2.75, 3.05) is 34.3 Å². The van der Waals surface area contributed by atoms with Gasteiger partial charge < -0.3 is 19.6 Å². The van der Waals surface area contributed by atoms with Crippen LogP contribution in [0, 0.1) is 6.92 Å². The molecule has 1 saturated heterocycles. The number of benzene rings is 2. The number of aliphatic hydroxyl groups excluding tert-OH is 1. The largest absolute Gasteiger partial charge is 0.507 e. The summed E-state index contributed by atoms with van der Waals surface area (Å²) in [6.07, 6.45) is 0. The number of rotatable bonds is 6. The smallest absolute Gasteiger partial charge is 0.295 e. The quantitative estimate of drug-likeness (QED) is 0.393. The van der Waals surface area contributed by atoms with Crippen molar-refractivity contribution >= 4 is 33.4 Å². The van der Waals surface area contributed by atoms with Crippen molar-refractivity contribution in [3.8, 4) is 5.75 Å². The van der Waals surface area contributed by atoms with E-state index in [9.17, 15) is 14.7 Å². The van der Waals surface area contributed by atoms with Gasteiger partial charge in [-0.25, -0.2) is 0 Å². The zero-order valence-corrected chi connectivity index (χ0v) is 19.1. The van der Waals surface area contributed by atoms with Crippen LogP contribution in [-0.2, 0) is 9.59 Å². The van der Waals surface area contributed by atoms with Crippen LogP contribution in [-0.4, -0.2) is 60.9 Å². The Kier molecular flexibility index (Phi) is 6.63. The second-order valence-electron chi connectivity index (χ2n) is 7.53. The third kappa shape index (κ3) is 4.27. The lowest BCUT2D eigenvalue weighted by Gasteiger charge is -2.26. The van der Waals surface area contributed by atoms with E-state index >= 15 is 0 Å². The van der Waals surface area contributed by atoms with Crippen LogP contribution in [0.5, 0.6) is 5.75 Å². The van der Waals surface area contributed by atoms with Crippen molar-refractivity contribution in [3.05, 3.63) is 69.2 Å². The van der Waals surface area contributed by atoms with Gasteiger partial charge in [-0.15, -0.1) is 0 Å². The number of methoxy groups -OCH3 is 1. The maximum absolute atomic E-state index is 13.0. The maximum Gasteiger partial charge on any atom is 0.295 e. The Bertz CT molecular complexity index is 999. The molecule has 1 heterocycles. The second-order valence-corrected chi connectivity index (χ2v) is 8.45. The summed E-state index contributed by atoms with van der Waals surface area (Å²) in [7, 11) is 5.39. The van der Waals surface area contributed by atoms with Gasteiger partial charge in [-0.2, -0.15) is 0 Å². The molecule has 0 bridgehead atoms. The van der Waals surface area contributed by atoms with Crippen LogP contribution >= 0.6 is 15.9 Å². The minimum atomic E-state index is -0.673. The lowest BCUT2D eigenvalue weighted by molar-refractivity contribution is -0.140. The molecule has 6 nitrogen and oxygen atoms in total. The van der Waals surface area contributed by atoms with Gasteiger partial charge in [0.1, 0.15) is 11.5 Å². The fourth-order valence-corrected chi connectivity index (χ4v) is 3.86. The first-order chi connectivity index (χ1) is 14.2. The molecular weight excluding hydrogens is 448 g/mol. The minimum absolute atomic E-state index is 0.102. The van der Waals surface area contributed by atoms with Gasteiger partial charge in [0.25, 0.3) is 11.7 Å². The van der Waals surface area contributed by atoms with Crippen molar-refractivity contribution in [2.45, 2.75) is 13.0 Å². The van der Waals surface area contributed by atoms with Crippen LogP contribution in [0.2, 0.25) is 0 Å². The number of ether oxygens (including phenoxy) is 1. The summed E-state index contributed by atoms with van der Waals surface area (Å²) in [4.78, 5) is 29.3. The molecule has 2 aromatic carbocycles. The van der Waals surface area contributed by atoms with Crippen molar-refractivity contribution in [1.29, 1.82) is 0 Å². The first-order valence-corrected chi connectivity index (χ1v) is 10.4. The Morgan fingerprint density at radius 3 is 2.40 bits per heavy atom. The predicted molar refractivity (Wildman–Crippen MR) is 119 cm³/mol. The lowest BCUT2D eigenvalue weighted by atomic mass is 9.95. The number of likely N-dealkylation sites (N-methyl/N-ethyl adjacent to an activating group) is 1. The summed E-state index contributed by atoms with van der Waals surface area (Å²) >= 11 is 3.42. The molecule has 0 spiro atoms. The van der Waals surface area contributed by atoms with Gasteiger partial charge in [0, 0.05) is 23.1 Å². The molecule has 0 radical (unpaired) electrons. The molecule has 1 aliphatic rings. The Morgan fingerprint density at radius 1 is 1.17 bits per heavy atom. The number of hydrogen-bond acceptors (Lipinski definition) is 5. The van der Waals surface area contributed by atoms with E-state index in [2.05, 4.69) is 15.9 Å². The number of aliphatic hydroxyl groups is 1. The number of halogens is 1. The van der Waals surface area contributed by atoms with E-state index in [1.807, 2.05) is 50.2 Å². The van der Waals surface area contributed by atoms with Gasteiger partial charge in [0.15, 0.2) is 0 Å². The number of carbonyl (C=O) groups is 2. The molecule has 0 aliphatic carbocycles. The third-order valence-corrected chi connectivity index (χ3v) is 5.71. The van der Waals surface area contributed by atoms with Crippen LogP contribution in [0.1, 0.15) is 22.7 Å². The van der Waals surface area contributed by atoms with Gasteiger partial charge in [0.05, 0.1) is 18.7 Å². The van der Waals surface area contributed by atoms with Crippen LogP contribution in [0.25, 0.3) is 5.76 Å². The Hall–Kier alpha value is -2.64. The van der Waals surface area contributed by atoms with Crippen molar-refractivity contribution in [3.63, 3.8) is 0 Å². The number of ketones is 1. The summed E-state index contributed by atoms with van der Waals surface area (Å²) < 4.78 is 6.17. The number of likely N-dealkylation sites (tertiary alicyclic amines) is 1. The molecule has 0 unspecified atom stereocenters. The summed E-state index contributed by atoms with van der Waals surface area (Å²) in [6, 6.07) is 12.0. The van der Waals surface area contributed by atoms with Gasteiger partial charge >= 0.3 is 0 Å². The fourth-order valence-electron chi connectivity index (χ4n) is 3.59. The summed E-state index contributed by atoms with van der Waals surface area (Å²) in [5, 5.41) is 11.1. The maximum atomic E-state index is 13.0. The first-order valence-electron chi connectivity index (χ1n) is 9.58. The van der Waals surface area contributed by atoms with Gasteiger partial charge in [-0.3, -0.25) is 9.59 Å². The molecule has 2 aromatic rings. The van der Waals surface area contributed by atoms with Gasteiger partial charge in [-0.05, 0) is 62.5 Å². The average molecular weight is 473 g/mol. The molecule has 30 heavy (non-hydrogen) atoms. The van der Waals surface area contributed by atoms with E-state index in [-0.39, 0.29) is 11.3 Å². The minimum Gasteiger partial charge on any atom is -0.507 e. The highest BCUT2D eigenvalue weighted by Gasteiger charge is 2.45. The molecule has 0 saturated carbocycles. The number of aryl methyl sites for hydroxylation is 1. The van der Waals surface area contributed by atoms with Gasteiger partial charge in [-0.1, -0.05) is 28.1 Å². The third-order valence-electron chi connectivity index (χ3n) is 5.18. The molecular formula is C23H25BrN2O4. The molecule has 1 fully saturated rings. The molecule has 1 amide bonds. The summed E-state index contributed by atoms with van der Waals surface area (Å²) in [5.41, 5.74) is 2.16. The van der Waals surface area contributed by atoms with E-state index in [0.717, 1.165) is 15.6 Å². The zero-order valence-electron chi connectivity index (χ0n) is 17.5. The van der Waals surface area contributed by atoms with Crippen LogP contribution in [0.15, 0.2) is 52.5 Å². The molecule has 1 atom stereocenters. The number of nitrogens with zero attached hydrogens (tertiary/aromatic N) is 2. The highest BCUT2D eigenvalue weighted by Crippen LogP contribution is 2.40. The van der Waals surface area contributed by atoms with E-state index in [0.29, 0.717) is 24.4 Å². The van der Waals surface area contributed by atoms with E-state index in [4.69, 9.17) is 4.74 Å². The van der Waals surface area contributed by atoms with Crippen LogP contribution in [0.4, 0.5) is 0 Å². The predicted octanol–water partition coefficient (Wildman–Crippen LogP) is 3.75. The zero-order chi connectivity index (χ0) is 22.0. The number of amides is 1. The average Bonchev–Trinajstić information content (AvgIpc) is 2.96. The van der Waals surface area contributed by atoms with E-state index < -0.39 is 17.7 Å². The summed E-state index contributed by atoms with van der Waals surface area (Å²) in [6.45, 7) is 2.83. The number of Topliss-reactive ketones (excluding diaryl/α,β-unsaturated/α-hetero) is 1. The highest BCUT2D eigenvalue weighted by molar-refractivity contribution is 9.10. The SMILES string of the molecule is COc1ccc(/C(O)=C2\C(=O)C(=O)N(CCN(C)C)[C@H]2c2ccc(Br)cc2)cc1C. The van der Waals surface area contributed by atoms with E-state index in [1.54, 1.807) is 25.3 Å². The fraction of sp³-hybridized carbons (Fsp3) is 0.304. The second kappa shape index (κ2) is 9.02. The van der Waals surface area contributed by atoms with E-state index in [1.165, 1.54) is 4.90 Å². The molecule has 1 N–H and O–H groups in total. The number of hydrogen-bond donors (Lipinski definition) is 1. The standard InChI is InChI=1S/C23H25BrN2O4/c1-14-13-16(7-10-18(14)30-4)21(27)19-20(15-5-8-17(24)9-6-15)26(12-11-25(2)3)23(29)22(19)28/h5-10,13,20,27H,11-12H2,1-4H3/b21-19+/t20-/m0/s1. The normalized spacial score (nSPS) is 18.3. The molecule has 158 valence electrons. The molecule has 0 aromatic heterocycles. The first kappa shape index (κ1) is 22.1. The Morgan fingerprint density at radius 2 is 1.83 bits per heavy atom. The monoisotopic (exact) mass is 472 g/mol. The van der Waals surface area contributed by atoms with Crippen molar-refractivity contribution < 1.29 is 19.4 Å². The Balaban J connectivity index is 2.14. The van der Waals surface area contributed by atoms with Crippen molar-refractivity contribution in [2.24, 2.45) is 0 Å². The van der Waals surface area contributed by atoms with Crippen molar-refractivity contribution in [1.82, 2.24) is 9.80 Å². The lowest BCUT2D eigenvalue weighted by Crippen LogP contribution is -2.35. The Labute approximate surface area is 184 Å². The highest BCUT2D eigenvalue weighted by atomic mass is 79.9. The molecule has 1 aliphatic heterocycles.